The Bertz CT molecular complexity index is 774. The van der Waals surface area contributed by atoms with Gasteiger partial charge in [-0.25, -0.2) is 4.39 Å². The topological polar surface area (TPSA) is 37.4 Å². The van der Waals surface area contributed by atoms with E-state index in [1.54, 1.807) is 23.9 Å². The van der Waals surface area contributed by atoms with Crippen LogP contribution in [0.1, 0.15) is 47.6 Å². The Kier molecular flexibility index (Phi) is 6.09. The van der Waals surface area contributed by atoms with Crippen LogP contribution in [0.2, 0.25) is 0 Å². The van der Waals surface area contributed by atoms with Crippen LogP contribution >= 0.6 is 11.8 Å². The molecular weight excluding hydrogens is 349 g/mol. The first-order valence-corrected chi connectivity index (χ1v) is 10.0. The van der Waals surface area contributed by atoms with Crippen molar-refractivity contribution >= 4 is 23.5 Å². The standard InChI is InChI=1S/C21H22FNO2S/c1-26-18-10-6-16(7-11-18)20(24)12-13-21(25)23-14-2-3-19(23)15-4-8-17(22)9-5-15/h4-11,19H,2-3,12-14H2,1H3. The SMILES string of the molecule is CSc1ccc(C(=O)CCC(=O)N2CCCC2c2ccc(F)cc2)cc1. The fourth-order valence-corrected chi connectivity index (χ4v) is 3.79. The molecule has 3 nitrogen and oxygen atoms in total. The summed E-state index contributed by atoms with van der Waals surface area (Å²) in [6.45, 7) is 0.692. The van der Waals surface area contributed by atoms with Gasteiger partial charge in [-0.2, -0.15) is 0 Å². The van der Waals surface area contributed by atoms with Gasteiger partial charge in [0.1, 0.15) is 5.82 Å². The van der Waals surface area contributed by atoms with Gasteiger partial charge in [0.15, 0.2) is 5.78 Å². The number of halogens is 1. The van der Waals surface area contributed by atoms with Crippen molar-refractivity contribution in [2.75, 3.05) is 12.8 Å². The third-order valence-corrected chi connectivity index (χ3v) is 5.55. The van der Waals surface area contributed by atoms with Gasteiger partial charge < -0.3 is 4.90 Å². The molecule has 0 spiro atoms. The van der Waals surface area contributed by atoms with Gasteiger partial charge in [-0.3, -0.25) is 9.59 Å². The Hall–Kier alpha value is -2.14. The van der Waals surface area contributed by atoms with Crippen molar-refractivity contribution in [3.05, 3.63) is 65.5 Å². The molecule has 1 heterocycles. The number of thioether (sulfide) groups is 1. The summed E-state index contributed by atoms with van der Waals surface area (Å²) >= 11 is 1.63. The quantitative estimate of drug-likeness (QED) is 0.537. The number of likely N-dealkylation sites (tertiary alicyclic amines) is 1. The first kappa shape index (κ1) is 18.6. The average molecular weight is 371 g/mol. The van der Waals surface area contributed by atoms with Crippen molar-refractivity contribution in [3.63, 3.8) is 0 Å². The molecule has 1 aliphatic rings. The molecule has 0 bridgehead atoms. The van der Waals surface area contributed by atoms with E-state index >= 15 is 0 Å². The summed E-state index contributed by atoms with van der Waals surface area (Å²) in [7, 11) is 0. The van der Waals surface area contributed by atoms with Crippen LogP contribution in [-0.2, 0) is 4.79 Å². The van der Waals surface area contributed by atoms with Crippen LogP contribution in [0.3, 0.4) is 0 Å². The zero-order chi connectivity index (χ0) is 18.5. The monoisotopic (exact) mass is 371 g/mol. The highest BCUT2D eigenvalue weighted by atomic mass is 32.2. The maximum Gasteiger partial charge on any atom is 0.223 e. The van der Waals surface area contributed by atoms with Gasteiger partial charge in [-0.1, -0.05) is 24.3 Å². The van der Waals surface area contributed by atoms with E-state index in [0.717, 1.165) is 23.3 Å². The molecule has 2 aromatic carbocycles. The van der Waals surface area contributed by atoms with Gasteiger partial charge in [0.2, 0.25) is 5.91 Å². The Morgan fingerprint density at radius 2 is 1.77 bits per heavy atom. The third kappa shape index (κ3) is 4.33. The molecule has 136 valence electrons. The lowest BCUT2D eigenvalue weighted by molar-refractivity contribution is -0.132. The van der Waals surface area contributed by atoms with Crippen LogP contribution < -0.4 is 0 Å². The van der Waals surface area contributed by atoms with Crippen molar-refractivity contribution in [1.29, 1.82) is 0 Å². The number of benzene rings is 2. The number of hydrogen-bond donors (Lipinski definition) is 0. The van der Waals surface area contributed by atoms with Crippen LogP contribution in [0, 0.1) is 5.82 Å². The maximum atomic E-state index is 13.1. The van der Waals surface area contributed by atoms with Crippen LogP contribution in [0.4, 0.5) is 4.39 Å². The summed E-state index contributed by atoms with van der Waals surface area (Å²) in [5.74, 6) is -0.294. The van der Waals surface area contributed by atoms with Crippen molar-refractivity contribution in [2.24, 2.45) is 0 Å². The summed E-state index contributed by atoms with van der Waals surface area (Å²) in [6, 6.07) is 13.8. The first-order chi connectivity index (χ1) is 12.6. The van der Waals surface area contributed by atoms with Gasteiger partial charge in [-0.05, 0) is 48.9 Å². The predicted molar refractivity (Wildman–Crippen MR) is 102 cm³/mol. The van der Waals surface area contributed by atoms with Crippen LogP contribution in [0.15, 0.2) is 53.4 Å². The van der Waals surface area contributed by atoms with Crippen molar-refractivity contribution in [2.45, 2.75) is 36.6 Å². The molecule has 5 heteroatoms. The lowest BCUT2D eigenvalue weighted by Crippen LogP contribution is -2.30. The zero-order valence-corrected chi connectivity index (χ0v) is 15.6. The minimum atomic E-state index is -0.275. The number of carbonyl (C=O) groups excluding carboxylic acids is 2. The van der Waals surface area contributed by atoms with Gasteiger partial charge in [0.05, 0.1) is 6.04 Å². The lowest BCUT2D eigenvalue weighted by Gasteiger charge is -2.25. The van der Waals surface area contributed by atoms with Crippen LogP contribution in [0.25, 0.3) is 0 Å². The van der Waals surface area contributed by atoms with E-state index in [4.69, 9.17) is 0 Å². The minimum absolute atomic E-state index is 0.00842. The Morgan fingerprint density at radius 1 is 1.08 bits per heavy atom. The molecule has 3 rings (SSSR count). The number of rotatable bonds is 6. The van der Waals surface area contributed by atoms with Gasteiger partial charge >= 0.3 is 0 Å². The summed E-state index contributed by atoms with van der Waals surface area (Å²) in [4.78, 5) is 27.9. The third-order valence-electron chi connectivity index (χ3n) is 4.81. The van der Waals surface area contributed by atoms with Gasteiger partial charge in [0.25, 0.3) is 0 Å². The smallest absolute Gasteiger partial charge is 0.223 e. The second kappa shape index (κ2) is 8.49. The van der Waals surface area contributed by atoms with Crippen molar-refractivity contribution in [3.8, 4) is 0 Å². The van der Waals surface area contributed by atoms with E-state index in [-0.39, 0.29) is 36.4 Å². The van der Waals surface area contributed by atoms with E-state index in [1.807, 2.05) is 35.4 Å². The van der Waals surface area contributed by atoms with Crippen molar-refractivity contribution in [1.82, 2.24) is 4.90 Å². The highest BCUT2D eigenvalue weighted by Gasteiger charge is 2.29. The largest absolute Gasteiger partial charge is 0.336 e. The second-order valence-corrected chi connectivity index (χ2v) is 7.33. The van der Waals surface area contributed by atoms with E-state index < -0.39 is 0 Å². The number of carbonyl (C=O) groups is 2. The second-order valence-electron chi connectivity index (χ2n) is 6.45. The zero-order valence-electron chi connectivity index (χ0n) is 14.8. The van der Waals surface area contributed by atoms with E-state index in [9.17, 15) is 14.0 Å². The van der Waals surface area contributed by atoms with Gasteiger partial charge in [0, 0.05) is 29.8 Å². The molecule has 1 unspecified atom stereocenters. The molecule has 0 aliphatic carbocycles. The Labute approximate surface area is 157 Å². The summed E-state index contributed by atoms with van der Waals surface area (Å²) < 4.78 is 13.1. The minimum Gasteiger partial charge on any atom is -0.336 e. The first-order valence-electron chi connectivity index (χ1n) is 8.80. The number of amides is 1. The van der Waals surface area contributed by atoms with Crippen molar-refractivity contribution < 1.29 is 14.0 Å². The average Bonchev–Trinajstić information content (AvgIpc) is 3.16. The van der Waals surface area contributed by atoms with E-state index in [1.165, 1.54) is 12.1 Å². The van der Waals surface area contributed by atoms with Crippen LogP contribution in [0.5, 0.6) is 0 Å². The molecule has 0 radical (unpaired) electrons. The van der Waals surface area contributed by atoms with E-state index in [0.29, 0.717) is 12.1 Å². The number of hydrogen-bond acceptors (Lipinski definition) is 3. The molecule has 0 N–H and O–H groups in total. The fourth-order valence-electron chi connectivity index (χ4n) is 3.38. The Balaban J connectivity index is 1.59. The molecule has 1 amide bonds. The maximum absolute atomic E-state index is 13.1. The lowest BCUT2D eigenvalue weighted by atomic mass is 10.0. The molecule has 0 aromatic heterocycles. The normalized spacial score (nSPS) is 16.7. The highest BCUT2D eigenvalue weighted by Crippen LogP contribution is 2.32. The molecule has 1 saturated heterocycles. The molecule has 1 atom stereocenters. The fraction of sp³-hybridized carbons (Fsp3) is 0.333. The predicted octanol–water partition coefficient (Wildman–Crippen LogP) is 4.87. The molecule has 2 aromatic rings. The summed E-state index contributed by atoms with van der Waals surface area (Å²) in [5, 5.41) is 0. The van der Waals surface area contributed by atoms with Crippen LogP contribution in [-0.4, -0.2) is 29.4 Å². The number of ketones is 1. The highest BCUT2D eigenvalue weighted by molar-refractivity contribution is 7.98. The molecule has 0 saturated carbocycles. The molecular formula is C21H22FNO2S. The van der Waals surface area contributed by atoms with Gasteiger partial charge in [-0.15, -0.1) is 11.8 Å². The molecule has 1 aliphatic heterocycles. The summed E-state index contributed by atoms with van der Waals surface area (Å²) in [6.07, 6.45) is 4.22. The van der Waals surface area contributed by atoms with E-state index in [2.05, 4.69) is 0 Å². The molecule has 26 heavy (non-hydrogen) atoms. The summed E-state index contributed by atoms with van der Waals surface area (Å²) in [5.41, 5.74) is 1.60. The number of Topliss-reactive ketones (excluding diaryl/α,β-unsaturated/α-hetero) is 1. The molecule has 1 fully saturated rings. The number of nitrogens with zero attached hydrogens (tertiary/aromatic N) is 1. The Morgan fingerprint density at radius 3 is 2.42 bits per heavy atom.